The average Bonchev–Trinajstić information content (AvgIpc) is 2.95. The van der Waals surface area contributed by atoms with E-state index in [1.165, 1.54) is 21.7 Å². The smallest absolute Gasteiger partial charge is 0.252 e. The van der Waals surface area contributed by atoms with Crippen LogP contribution in [0.3, 0.4) is 0 Å². The van der Waals surface area contributed by atoms with E-state index in [0.717, 1.165) is 4.88 Å². The molecule has 0 aromatic carbocycles. The molecule has 0 bridgehead atoms. The second kappa shape index (κ2) is 6.49. The Balaban J connectivity index is 2.07. The maximum absolute atomic E-state index is 12.4. The van der Waals surface area contributed by atoms with Crippen LogP contribution in [0.2, 0.25) is 0 Å². The number of hydrogen-bond donors (Lipinski definition) is 1. The van der Waals surface area contributed by atoms with Crippen molar-refractivity contribution in [3.05, 3.63) is 29.7 Å². The number of ether oxygens (including phenoxy) is 1. The van der Waals surface area contributed by atoms with E-state index in [2.05, 4.69) is 11.9 Å². The first-order valence-electron chi connectivity index (χ1n) is 6.11. The van der Waals surface area contributed by atoms with Crippen molar-refractivity contribution in [2.24, 2.45) is 0 Å². The number of nitrogens with one attached hydrogen (secondary N) is 1. The van der Waals surface area contributed by atoms with Gasteiger partial charge in [-0.15, -0.1) is 11.3 Å². The van der Waals surface area contributed by atoms with E-state index < -0.39 is 10.0 Å². The van der Waals surface area contributed by atoms with Gasteiger partial charge in [0.25, 0.3) is 10.0 Å². The van der Waals surface area contributed by atoms with Crippen molar-refractivity contribution >= 4 is 27.3 Å². The van der Waals surface area contributed by atoms with Crippen molar-refractivity contribution in [2.45, 2.75) is 10.8 Å². The Kier molecular flexibility index (Phi) is 4.92. The minimum absolute atomic E-state index is 0.281. The fraction of sp³-hybridized carbons (Fsp3) is 0.417. The molecule has 110 valence electrons. The molecular weight excluding hydrogens is 300 g/mol. The summed E-state index contributed by atoms with van der Waals surface area (Å²) in [6, 6.07) is 3.28. The van der Waals surface area contributed by atoms with Crippen molar-refractivity contribution in [1.29, 1.82) is 0 Å². The van der Waals surface area contributed by atoms with Gasteiger partial charge in [-0.1, -0.05) is 6.58 Å². The second-order valence-corrected chi connectivity index (χ2v) is 7.49. The van der Waals surface area contributed by atoms with Crippen LogP contribution in [-0.2, 0) is 26.1 Å². The van der Waals surface area contributed by atoms with E-state index in [-0.39, 0.29) is 5.91 Å². The number of carbonyl (C=O) groups excluding carboxylic acids is 1. The predicted octanol–water partition coefficient (Wildman–Crippen LogP) is 0.571. The Bertz CT molecular complexity index is 588. The normalized spacial score (nSPS) is 16.8. The molecule has 1 aromatic rings. The fourth-order valence-electron chi connectivity index (χ4n) is 1.75. The zero-order valence-corrected chi connectivity index (χ0v) is 12.5. The standard InChI is InChI=1S/C12H16N2O4S2/c1-2-11(15)13-9-10-3-4-12(19-10)20(16,17)14-5-7-18-8-6-14/h2-4H,1,5-9H2,(H,13,15). The topological polar surface area (TPSA) is 75.7 Å². The lowest BCUT2D eigenvalue weighted by Gasteiger charge is -2.25. The molecule has 0 radical (unpaired) electrons. The Hall–Kier alpha value is -1.22. The Morgan fingerprint density at radius 2 is 2.15 bits per heavy atom. The summed E-state index contributed by atoms with van der Waals surface area (Å²) in [6.07, 6.45) is 1.18. The summed E-state index contributed by atoms with van der Waals surface area (Å²) in [6.45, 7) is 5.26. The lowest BCUT2D eigenvalue weighted by atomic mass is 10.4. The van der Waals surface area contributed by atoms with Gasteiger partial charge in [-0.05, 0) is 18.2 Å². The summed E-state index contributed by atoms with van der Waals surface area (Å²) >= 11 is 1.17. The molecular formula is C12H16N2O4S2. The molecule has 1 aliphatic heterocycles. The fourth-order valence-corrected chi connectivity index (χ4v) is 4.61. The van der Waals surface area contributed by atoms with Crippen LogP contribution in [0, 0.1) is 0 Å². The number of morpholine rings is 1. The number of amides is 1. The molecule has 20 heavy (non-hydrogen) atoms. The first-order valence-corrected chi connectivity index (χ1v) is 8.36. The van der Waals surface area contributed by atoms with Crippen LogP contribution in [-0.4, -0.2) is 44.9 Å². The van der Waals surface area contributed by atoms with Gasteiger partial charge in [0.05, 0.1) is 19.8 Å². The van der Waals surface area contributed by atoms with Crippen molar-refractivity contribution in [3.8, 4) is 0 Å². The van der Waals surface area contributed by atoms with Crippen LogP contribution < -0.4 is 5.32 Å². The van der Waals surface area contributed by atoms with Gasteiger partial charge in [0.15, 0.2) is 0 Å². The zero-order valence-electron chi connectivity index (χ0n) is 10.9. The van der Waals surface area contributed by atoms with Gasteiger partial charge in [-0.3, -0.25) is 4.79 Å². The van der Waals surface area contributed by atoms with E-state index in [1.54, 1.807) is 12.1 Å². The molecule has 1 aromatic heterocycles. The zero-order chi connectivity index (χ0) is 14.6. The van der Waals surface area contributed by atoms with E-state index >= 15 is 0 Å². The number of hydrogen-bond acceptors (Lipinski definition) is 5. The van der Waals surface area contributed by atoms with Gasteiger partial charge in [0.1, 0.15) is 4.21 Å². The predicted molar refractivity (Wildman–Crippen MR) is 75.9 cm³/mol. The average molecular weight is 316 g/mol. The maximum atomic E-state index is 12.4. The van der Waals surface area contributed by atoms with Crippen molar-refractivity contribution in [1.82, 2.24) is 9.62 Å². The molecule has 0 atom stereocenters. The maximum Gasteiger partial charge on any atom is 0.252 e. The van der Waals surface area contributed by atoms with E-state index in [1.807, 2.05) is 0 Å². The third-order valence-corrected chi connectivity index (χ3v) is 6.27. The van der Waals surface area contributed by atoms with Crippen LogP contribution >= 0.6 is 11.3 Å². The molecule has 1 saturated heterocycles. The highest BCUT2D eigenvalue weighted by Crippen LogP contribution is 2.25. The number of thiophene rings is 1. The summed E-state index contributed by atoms with van der Waals surface area (Å²) in [4.78, 5) is 11.9. The molecule has 2 heterocycles. The van der Waals surface area contributed by atoms with Crippen LogP contribution in [0.25, 0.3) is 0 Å². The second-order valence-electron chi connectivity index (χ2n) is 4.16. The number of sulfonamides is 1. The summed E-state index contributed by atoms with van der Waals surface area (Å²) in [5.41, 5.74) is 0. The molecule has 1 N–H and O–H groups in total. The SMILES string of the molecule is C=CC(=O)NCc1ccc(S(=O)(=O)N2CCOCC2)s1. The lowest BCUT2D eigenvalue weighted by Crippen LogP contribution is -2.40. The molecule has 0 saturated carbocycles. The van der Waals surface area contributed by atoms with Crippen LogP contribution in [0.1, 0.15) is 4.88 Å². The third-order valence-electron chi connectivity index (χ3n) is 2.82. The van der Waals surface area contributed by atoms with Crippen LogP contribution in [0.5, 0.6) is 0 Å². The third kappa shape index (κ3) is 3.45. The molecule has 2 rings (SSSR count). The molecule has 0 aliphatic carbocycles. The lowest BCUT2D eigenvalue weighted by molar-refractivity contribution is -0.116. The largest absolute Gasteiger partial charge is 0.379 e. The molecule has 1 aliphatic rings. The van der Waals surface area contributed by atoms with E-state index in [9.17, 15) is 13.2 Å². The van der Waals surface area contributed by atoms with E-state index in [0.29, 0.717) is 37.1 Å². The van der Waals surface area contributed by atoms with Crippen molar-refractivity contribution in [2.75, 3.05) is 26.3 Å². The first kappa shape index (κ1) is 15.2. The number of carbonyl (C=O) groups is 1. The van der Waals surface area contributed by atoms with Gasteiger partial charge < -0.3 is 10.1 Å². The monoisotopic (exact) mass is 316 g/mol. The Morgan fingerprint density at radius 1 is 1.45 bits per heavy atom. The van der Waals surface area contributed by atoms with Gasteiger partial charge in [0, 0.05) is 18.0 Å². The van der Waals surface area contributed by atoms with Gasteiger partial charge in [0.2, 0.25) is 5.91 Å². The molecule has 6 nitrogen and oxygen atoms in total. The molecule has 0 unspecified atom stereocenters. The number of rotatable bonds is 5. The summed E-state index contributed by atoms with van der Waals surface area (Å²) < 4.78 is 31.6. The quantitative estimate of drug-likeness (QED) is 0.806. The van der Waals surface area contributed by atoms with Crippen LogP contribution in [0.4, 0.5) is 0 Å². The summed E-state index contributed by atoms with van der Waals surface area (Å²) in [7, 11) is -3.45. The summed E-state index contributed by atoms with van der Waals surface area (Å²) in [5.74, 6) is -0.281. The van der Waals surface area contributed by atoms with Crippen molar-refractivity contribution in [3.63, 3.8) is 0 Å². The highest BCUT2D eigenvalue weighted by molar-refractivity contribution is 7.91. The molecule has 1 amide bonds. The van der Waals surface area contributed by atoms with Gasteiger partial charge in [-0.2, -0.15) is 4.31 Å². The molecule has 1 fully saturated rings. The van der Waals surface area contributed by atoms with Gasteiger partial charge >= 0.3 is 0 Å². The Morgan fingerprint density at radius 3 is 2.80 bits per heavy atom. The number of nitrogens with zero attached hydrogens (tertiary/aromatic N) is 1. The minimum Gasteiger partial charge on any atom is -0.379 e. The molecule has 0 spiro atoms. The Labute approximate surface area is 122 Å². The summed E-state index contributed by atoms with van der Waals surface area (Å²) in [5, 5.41) is 2.62. The first-order chi connectivity index (χ1) is 9.54. The molecule has 8 heteroatoms. The minimum atomic E-state index is -3.45. The van der Waals surface area contributed by atoms with Crippen molar-refractivity contribution < 1.29 is 17.9 Å². The van der Waals surface area contributed by atoms with Gasteiger partial charge in [-0.25, -0.2) is 8.42 Å². The highest BCUT2D eigenvalue weighted by Gasteiger charge is 2.27. The highest BCUT2D eigenvalue weighted by atomic mass is 32.2. The van der Waals surface area contributed by atoms with E-state index in [4.69, 9.17) is 4.74 Å². The van der Waals surface area contributed by atoms with Crippen LogP contribution in [0.15, 0.2) is 29.0 Å².